The molecule has 0 fully saturated rings. The first-order valence-corrected chi connectivity index (χ1v) is 6.28. The molecule has 1 atom stereocenters. The average molecular weight is 244 g/mol. The van der Waals surface area contributed by atoms with E-state index in [1.807, 2.05) is 37.5 Å². The summed E-state index contributed by atoms with van der Waals surface area (Å²) in [6.45, 7) is 0.931. The second-order valence-electron chi connectivity index (χ2n) is 4.56. The maximum atomic E-state index is 9.42. The summed E-state index contributed by atoms with van der Waals surface area (Å²) in [6.07, 6.45) is 2.88. The van der Waals surface area contributed by atoms with Crippen molar-refractivity contribution in [2.24, 2.45) is 7.05 Å². The van der Waals surface area contributed by atoms with Crippen molar-refractivity contribution in [2.45, 2.75) is 19.0 Å². The van der Waals surface area contributed by atoms with Crippen LogP contribution in [0.1, 0.15) is 11.3 Å². The molecule has 0 radical (unpaired) electrons. The van der Waals surface area contributed by atoms with Gasteiger partial charge in [-0.1, -0.05) is 30.3 Å². The largest absolute Gasteiger partial charge is 0.395 e. The van der Waals surface area contributed by atoms with Crippen LogP contribution in [0.3, 0.4) is 0 Å². The fourth-order valence-corrected chi connectivity index (χ4v) is 2.03. The third kappa shape index (κ3) is 3.45. The highest BCUT2D eigenvalue weighted by Crippen LogP contribution is 2.05. The van der Waals surface area contributed by atoms with E-state index in [9.17, 15) is 5.11 Å². The number of nitrogens with one attached hydrogen (secondary N) is 1. The number of aliphatic hydroxyl groups is 1. The Morgan fingerprint density at radius 3 is 2.56 bits per heavy atom. The maximum absolute atomic E-state index is 9.42. The summed E-state index contributed by atoms with van der Waals surface area (Å²) in [7, 11) is 2.03. The Bertz CT molecular complexity index is 464. The highest BCUT2D eigenvalue weighted by Gasteiger charge is 2.08. The minimum atomic E-state index is 0.0994. The minimum absolute atomic E-state index is 0.0994. The second kappa shape index (κ2) is 6.38. The number of aliphatic hydroxyl groups excluding tert-OH is 1. The van der Waals surface area contributed by atoms with Crippen LogP contribution in [0.4, 0.5) is 0 Å². The summed E-state index contributed by atoms with van der Waals surface area (Å²) in [6, 6.07) is 14.5. The maximum Gasteiger partial charge on any atom is 0.0588 e. The van der Waals surface area contributed by atoms with Crippen LogP contribution in [0.2, 0.25) is 0 Å². The van der Waals surface area contributed by atoms with E-state index in [1.165, 1.54) is 11.3 Å². The fourth-order valence-electron chi connectivity index (χ4n) is 2.03. The molecular weight excluding hydrogens is 224 g/mol. The molecule has 2 aromatic rings. The molecule has 0 unspecified atom stereocenters. The molecule has 0 saturated heterocycles. The van der Waals surface area contributed by atoms with Gasteiger partial charge >= 0.3 is 0 Å². The third-order valence-corrected chi connectivity index (χ3v) is 3.17. The molecule has 1 aromatic carbocycles. The van der Waals surface area contributed by atoms with E-state index in [1.54, 1.807) is 0 Å². The van der Waals surface area contributed by atoms with Gasteiger partial charge in [0.25, 0.3) is 0 Å². The smallest absolute Gasteiger partial charge is 0.0588 e. The number of hydrogen-bond donors (Lipinski definition) is 2. The lowest BCUT2D eigenvalue weighted by molar-refractivity contribution is 0.240. The molecule has 0 saturated carbocycles. The van der Waals surface area contributed by atoms with Crippen LogP contribution in [-0.2, 0) is 20.0 Å². The van der Waals surface area contributed by atoms with Gasteiger partial charge in [0, 0.05) is 31.5 Å². The molecule has 1 aromatic heterocycles. The van der Waals surface area contributed by atoms with E-state index < -0.39 is 0 Å². The quantitative estimate of drug-likeness (QED) is 0.812. The molecule has 2 rings (SSSR count). The fraction of sp³-hybridized carbons (Fsp3) is 0.333. The van der Waals surface area contributed by atoms with Crippen LogP contribution < -0.4 is 5.32 Å². The van der Waals surface area contributed by atoms with Crippen LogP contribution in [-0.4, -0.2) is 22.3 Å². The molecule has 3 heteroatoms. The molecule has 3 nitrogen and oxygen atoms in total. The van der Waals surface area contributed by atoms with Crippen molar-refractivity contribution >= 4 is 0 Å². The number of hydrogen-bond acceptors (Lipinski definition) is 2. The Labute approximate surface area is 108 Å². The van der Waals surface area contributed by atoms with Gasteiger partial charge in [-0.05, 0) is 24.1 Å². The molecule has 0 spiro atoms. The summed E-state index contributed by atoms with van der Waals surface area (Å²) in [4.78, 5) is 0. The van der Waals surface area contributed by atoms with Crippen molar-refractivity contribution in [3.05, 3.63) is 59.9 Å². The van der Waals surface area contributed by atoms with Gasteiger partial charge in [-0.15, -0.1) is 0 Å². The lowest BCUT2D eigenvalue weighted by Crippen LogP contribution is -2.34. The summed E-state index contributed by atoms with van der Waals surface area (Å²) >= 11 is 0. The van der Waals surface area contributed by atoms with E-state index in [0.717, 1.165) is 13.0 Å². The molecule has 0 aliphatic heterocycles. The summed E-state index contributed by atoms with van der Waals surface area (Å²) < 4.78 is 2.09. The molecule has 0 bridgehead atoms. The first kappa shape index (κ1) is 12.9. The molecule has 96 valence electrons. The standard InChI is InChI=1S/C15H20N2O/c1-17-9-5-8-15(17)11-16-14(12-18)10-13-6-3-2-4-7-13/h2-9,14,16,18H,10-12H2,1H3/t14-/m1/s1. The molecule has 18 heavy (non-hydrogen) atoms. The molecule has 0 aliphatic rings. The van der Waals surface area contributed by atoms with Gasteiger partial charge in [-0.3, -0.25) is 0 Å². The molecule has 0 amide bonds. The molecular formula is C15H20N2O. The van der Waals surface area contributed by atoms with Crippen molar-refractivity contribution in [1.82, 2.24) is 9.88 Å². The van der Waals surface area contributed by atoms with Gasteiger partial charge in [-0.25, -0.2) is 0 Å². The highest BCUT2D eigenvalue weighted by molar-refractivity contribution is 5.16. The second-order valence-corrected chi connectivity index (χ2v) is 4.56. The summed E-state index contributed by atoms with van der Waals surface area (Å²) in [5, 5.41) is 12.8. The molecule has 0 aliphatic carbocycles. The van der Waals surface area contributed by atoms with Gasteiger partial charge < -0.3 is 15.0 Å². The van der Waals surface area contributed by atoms with Crippen molar-refractivity contribution < 1.29 is 5.11 Å². The lowest BCUT2D eigenvalue weighted by atomic mass is 10.1. The SMILES string of the molecule is Cn1cccc1CN[C@@H](CO)Cc1ccccc1. The Hall–Kier alpha value is -1.58. The zero-order chi connectivity index (χ0) is 12.8. The molecule has 2 N–H and O–H groups in total. The van der Waals surface area contributed by atoms with Gasteiger partial charge in [-0.2, -0.15) is 0 Å². The van der Waals surface area contributed by atoms with Crippen LogP contribution in [0.5, 0.6) is 0 Å². The van der Waals surface area contributed by atoms with Crippen LogP contribution in [0.15, 0.2) is 48.7 Å². The van der Waals surface area contributed by atoms with Crippen LogP contribution in [0, 0.1) is 0 Å². The van der Waals surface area contributed by atoms with Gasteiger partial charge in [0.1, 0.15) is 0 Å². The number of nitrogens with zero attached hydrogens (tertiary/aromatic N) is 1. The first-order chi connectivity index (χ1) is 8.79. The van der Waals surface area contributed by atoms with Gasteiger partial charge in [0.15, 0.2) is 0 Å². The Morgan fingerprint density at radius 1 is 1.17 bits per heavy atom. The monoisotopic (exact) mass is 244 g/mol. The van der Waals surface area contributed by atoms with Crippen molar-refractivity contribution in [3.8, 4) is 0 Å². The van der Waals surface area contributed by atoms with Gasteiger partial charge in [0.2, 0.25) is 0 Å². The van der Waals surface area contributed by atoms with Gasteiger partial charge in [0.05, 0.1) is 6.61 Å². The predicted octanol–water partition coefficient (Wildman–Crippen LogP) is 1.72. The predicted molar refractivity (Wildman–Crippen MR) is 73.3 cm³/mol. The average Bonchev–Trinajstić information content (AvgIpc) is 2.81. The van der Waals surface area contributed by atoms with E-state index >= 15 is 0 Å². The minimum Gasteiger partial charge on any atom is -0.395 e. The number of benzene rings is 1. The number of aromatic nitrogens is 1. The van der Waals surface area contributed by atoms with Crippen molar-refractivity contribution in [1.29, 1.82) is 0 Å². The number of rotatable bonds is 6. The zero-order valence-electron chi connectivity index (χ0n) is 10.7. The van der Waals surface area contributed by atoms with E-state index in [2.05, 4.69) is 28.1 Å². The van der Waals surface area contributed by atoms with Crippen molar-refractivity contribution in [2.75, 3.05) is 6.61 Å². The Balaban J connectivity index is 1.88. The first-order valence-electron chi connectivity index (χ1n) is 6.28. The Morgan fingerprint density at radius 2 is 1.94 bits per heavy atom. The van der Waals surface area contributed by atoms with Crippen LogP contribution >= 0.6 is 0 Å². The topological polar surface area (TPSA) is 37.2 Å². The summed E-state index contributed by atoms with van der Waals surface area (Å²) in [5.41, 5.74) is 2.47. The van der Waals surface area contributed by atoms with E-state index in [4.69, 9.17) is 0 Å². The number of aryl methyl sites for hydroxylation is 1. The summed E-state index contributed by atoms with van der Waals surface area (Å²) in [5.74, 6) is 0. The zero-order valence-corrected chi connectivity index (χ0v) is 10.7. The van der Waals surface area contributed by atoms with E-state index in [-0.39, 0.29) is 12.6 Å². The third-order valence-electron chi connectivity index (χ3n) is 3.17. The van der Waals surface area contributed by atoms with Crippen LogP contribution in [0.25, 0.3) is 0 Å². The Kier molecular flexibility index (Phi) is 4.56. The van der Waals surface area contributed by atoms with Crippen molar-refractivity contribution in [3.63, 3.8) is 0 Å². The van der Waals surface area contributed by atoms with E-state index in [0.29, 0.717) is 0 Å². The molecule has 1 heterocycles. The lowest BCUT2D eigenvalue weighted by Gasteiger charge is -2.16. The highest BCUT2D eigenvalue weighted by atomic mass is 16.3. The normalized spacial score (nSPS) is 12.6.